The molecular formula is C17H32IN5O. The van der Waals surface area contributed by atoms with Crippen LogP contribution < -0.4 is 10.6 Å². The van der Waals surface area contributed by atoms with E-state index < -0.39 is 0 Å². The lowest BCUT2D eigenvalue weighted by molar-refractivity contribution is 0.139. The highest BCUT2D eigenvalue weighted by molar-refractivity contribution is 14.0. The number of nitrogens with zero attached hydrogens (tertiary/aromatic N) is 3. The summed E-state index contributed by atoms with van der Waals surface area (Å²) in [6.07, 6.45) is 2.58. The maximum Gasteiger partial charge on any atom is 0.191 e. The molecule has 0 saturated carbocycles. The Kier molecular flexibility index (Phi) is 10.4. The summed E-state index contributed by atoms with van der Waals surface area (Å²) in [7, 11) is 4.01. The zero-order chi connectivity index (χ0) is 16.5. The van der Waals surface area contributed by atoms with Gasteiger partial charge in [0, 0.05) is 59.3 Å². The number of hydrogen-bond acceptors (Lipinski definition) is 4. The third kappa shape index (κ3) is 7.85. The molecule has 1 atom stereocenters. The highest BCUT2D eigenvalue weighted by Crippen LogP contribution is 2.04. The SMILES string of the molecule is CN=C(NCCc1ccco1)NCC(C)CN1CCN(C)CC1.I. The fourth-order valence-electron chi connectivity index (χ4n) is 2.79. The zero-order valence-corrected chi connectivity index (χ0v) is 17.5. The topological polar surface area (TPSA) is 56.0 Å². The molecule has 0 bridgehead atoms. The third-order valence-electron chi connectivity index (χ3n) is 4.25. The Morgan fingerprint density at radius 3 is 2.67 bits per heavy atom. The monoisotopic (exact) mass is 449 g/mol. The van der Waals surface area contributed by atoms with Gasteiger partial charge >= 0.3 is 0 Å². The summed E-state index contributed by atoms with van der Waals surface area (Å²) >= 11 is 0. The molecule has 2 N–H and O–H groups in total. The van der Waals surface area contributed by atoms with Crippen LogP contribution in [-0.2, 0) is 6.42 Å². The van der Waals surface area contributed by atoms with E-state index in [9.17, 15) is 0 Å². The Labute approximate surface area is 163 Å². The average Bonchev–Trinajstić information content (AvgIpc) is 3.06. The maximum absolute atomic E-state index is 5.33. The van der Waals surface area contributed by atoms with Crippen molar-refractivity contribution in [2.45, 2.75) is 13.3 Å². The molecule has 1 fully saturated rings. The van der Waals surface area contributed by atoms with Gasteiger partial charge in [-0.3, -0.25) is 4.99 Å². The highest BCUT2D eigenvalue weighted by Gasteiger charge is 2.16. The minimum Gasteiger partial charge on any atom is -0.469 e. The second-order valence-electron chi connectivity index (χ2n) is 6.42. The van der Waals surface area contributed by atoms with Crippen molar-refractivity contribution in [2.75, 3.05) is 59.9 Å². The molecule has 24 heavy (non-hydrogen) atoms. The number of piperazine rings is 1. The van der Waals surface area contributed by atoms with E-state index in [1.165, 1.54) is 26.2 Å². The molecule has 1 aliphatic rings. The summed E-state index contributed by atoms with van der Waals surface area (Å²) in [6, 6.07) is 3.92. The van der Waals surface area contributed by atoms with Gasteiger partial charge < -0.3 is 24.9 Å². The number of halogens is 1. The van der Waals surface area contributed by atoms with Gasteiger partial charge in [-0.2, -0.15) is 0 Å². The smallest absolute Gasteiger partial charge is 0.191 e. The predicted octanol–water partition coefficient (Wildman–Crippen LogP) is 1.49. The molecule has 2 heterocycles. The van der Waals surface area contributed by atoms with Crippen molar-refractivity contribution >= 4 is 29.9 Å². The van der Waals surface area contributed by atoms with Gasteiger partial charge in [0.1, 0.15) is 5.76 Å². The molecule has 7 heteroatoms. The molecule has 0 amide bonds. The minimum atomic E-state index is 0. The van der Waals surface area contributed by atoms with Gasteiger partial charge in [0.25, 0.3) is 0 Å². The van der Waals surface area contributed by atoms with E-state index in [2.05, 4.69) is 39.4 Å². The van der Waals surface area contributed by atoms with E-state index in [1.807, 2.05) is 19.2 Å². The van der Waals surface area contributed by atoms with Gasteiger partial charge in [0.2, 0.25) is 0 Å². The Morgan fingerprint density at radius 2 is 2.04 bits per heavy atom. The number of furan rings is 1. The van der Waals surface area contributed by atoms with Crippen LogP contribution in [0.3, 0.4) is 0 Å². The van der Waals surface area contributed by atoms with Crippen LogP contribution in [0.5, 0.6) is 0 Å². The van der Waals surface area contributed by atoms with Crippen LogP contribution in [0.25, 0.3) is 0 Å². The number of guanidine groups is 1. The Hall–Kier alpha value is -0.800. The summed E-state index contributed by atoms with van der Waals surface area (Å²) in [5, 5.41) is 6.75. The van der Waals surface area contributed by atoms with Gasteiger partial charge in [-0.1, -0.05) is 6.92 Å². The van der Waals surface area contributed by atoms with Crippen molar-refractivity contribution in [3.8, 4) is 0 Å². The first-order chi connectivity index (χ1) is 11.2. The van der Waals surface area contributed by atoms with Crippen LogP contribution in [0.2, 0.25) is 0 Å². The van der Waals surface area contributed by atoms with Crippen molar-refractivity contribution in [1.29, 1.82) is 0 Å². The summed E-state index contributed by atoms with van der Waals surface area (Å²) in [4.78, 5) is 9.23. The molecule has 1 aliphatic heterocycles. The second kappa shape index (κ2) is 11.7. The first-order valence-corrected chi connectivity index (χ1v) is 8.55. The molecule has 1 unspecified atom stereocenters. The Balaban J connectivity index is 0.00000288. The van der Waals surface area contributed by atoms with Crippen LogP contribution in [0.4, 0.5) is 0 Å². The zero-order valence-electron chi connectivity index (χ0n) is 15.1. The van der Waals surface area contributed by atoms with E-state index >= 15 is 0 Å². The lowest BCUT2D eigenvalue weighted by atomic mass is 10.1. The number of rotatable bonds is 7. The van der Waals surface area contributed by atoms with Crippen LogP contribution in [0.1, 0.15) is 12.7 Å². The third-order valence-corrected chi connectivity index (χ3v) is 4.25. The quantitative estimate of drug-likeness (QED) is 0.376. The van der Waals surface area contributed by atoms with Crippen molar-refractivity contribution < 1.29 is 4.42 Å². The van der Waals surface area contributed by atoms with E-state index in [-0.39, 0.29) is 24.0 Å². The van der Waals surface area contributed by atoms with Crippen molar-refractivity contribution in [3.63, 3.8) is 0 Å². The number of nitrogens with one attached hydrogen (secondary N) is 2. The van der Waals surface area contributed by atoms with Gasteiger partial charge in [0.15, 0.2) is 5.96 Å². The Morgan fingerprint density at radius 1 is 1.29 bits per heavy atom. The highest BCUT2D eigenvalue weighted by atomic mass is 127. The Bertz CT molecular complexity index is 458. The fraction of sp³-hybridized carbons (Fsp3) is 0.706. The molecule has 138 valence electrons. The van der Waals surface area contributed by atoms with Gasteiger partial charge in [-0.15, -0.1) is 24.0 Å². The van der Waals surface area contributed by atoms with E-state index in [0.29, 0.717) is 5.92 Å². The van der Waals surface area contributed by atoms with E-state index in [1.54, 1.807) is 6.26 Å². The number of aliphatic imine (C=N–C) groups is 1. The molecule has 0 spiro atoms. The van der Waals surface area contributed by atoms with Gasteiger partial charge in [0.05, 0.1) is 6.26 Å². The molecule has 0 aliphatic carbocycles. The molecule has 6 nitrogen and oxygen atoms in total. The summed E-state index contributed by atoms with van der Waals surface area (Å²) in [5.41, 5.74) is 0. The standard InChI is InChI=1S/C17H31N5O.HI/c1-15(14-22-10-8-21(3)9-11-22)13-20-17(18-2)19-7-6-16-5-4-12-23-16;/h4-5,12,15H,6-11,13-14H2,1-3H3,(H2,18,19,20);1H. The predicted molar refractivity (Wildman–Crippen MR) is 110 cm³/mol. The molecule has 0 radical (unpaired) electrons. The summed E-state index contributed by atoms with van der Waals surface area (Å²) < 4.78 is 5.33. The van der Waals surface area contributed by atoms with E-state index in [4.69, 9.17) is 4.42 Å². The molecule has 1 aromatic heterocycles. The molecule has 1 saturated heterocycles. The number of likely N-dealkylation sites (N-methyl/N-ethyl adjacent to an activating group) is 1. The average molecular weight is 449 g/mol. The first-order valence-electron chi connectivity index (χ1n) is 8.55. The minimum absolute atomic E-state index is 0. The lowest BCUT2D eigenvalue weighted by Gasteiger charge is -2.34. The van der Waals surface area contributed by atoms with Crippen LogP contribution in [0.15, 0.2) is 27.8 Å². The second-order valence-corrected chi connectivity index (χ2v) is 6.42. The largest absolute Gasteiger partial charge is 0.469 e. The van der Waals surface area contributed by atoms with Crippen molar-refractivity contribution in [3.05, 3.63) is 24.2 Å². The van der Waals surface area contributed by atoms with Gasteiger partial charge in [-0.25, -0.2) is 0 Å². The molecule has 0 aromatic carbocycles. The van der Waals surface area contributed by atoms with Crippen LogP contribution in [0, 0.1) is 5.92 Å². The molecular weight excluding hydrogens is 417 g/mol. The summed E-state index contributed by atoms with van der Waals surface area (Å²) in [6.45, 7) is 9.90. The molecule has 2 rings (SSSR count). The maximum atomic E-state index is 5.33. The molecule has 1 aromatic rings. The van der Waals surface area contributed by atoms with Crippen LogP contribution in [-0.4, -0.2) is 75.7 Å². The van der Waals surface area contributed by atoms with E-state index in [0.717, 1.165) is 37.8 Å². The number of hydrogen-bond donors (Lipinski definition) is 2. The summed E-state index contributed by atoms with van der Waals surface area (Å²) in [5.74, 6) is 2.46. The van der Waals surface area contributed by atoms with Crippen LogP contribution >= 0.6 is 24.0 Å². The van der Waals surface area contributed by atoms with Gasteiger partial charge in [-0.05, 0) is 25.1 Å². The fourth-order valence-corrected chi connectivity index (χ4v) is 2.79. The first kappa shape index (κ1) is 21.2. The van der Waals surface area contributed by atoms with Crippen molar-refractivity contribution in [1.82, 2.24) is 20.4 Å². The normalized spacial score (nSPS) is 18.0. The van der Waals surface area contributed by atoms with Crippen molar-refractivity contribution in [2.24, 2.45) is 10.9 Å². The lowest BCUT2D eigenvalue weighted by Crippen LogP contribution is -2.47.